The third-order valence-corrected chi connectivity index (χ3v) is 3.97. The topological polar surface area (TPSA) is 72.8 Å². The summed E-state index contributed by atoms with van der Waals surface area (Å²) < 4.78 is 30.6. The van der Waals surface area contributed by atoms with E-state index in [1.54, 1.807) is 25.1 Å². The van der Waals surface area contributed by atoms with Crippen LogP contribution in [0.15, 0.2) is 56.3 Å². The van der Waals surface area contributed by atoms with Crippen LogP contribution < -0.4 is 10.2 Å². The highest BCUT2D eigenvalue weighted by Gasteiger charge is 2.22. The Hall–Kier alpha value is -3.28. The molecule has 5 nitrogen and oxygen atoms in total. The Balaban J connectivity index is 1.94. The van der Waals surface area contributed by atoms with Crippen LogP contribution in [0.4, 0.5) is 4.39 Å². The van der Waals surface area contributed by atoms with Crippen molar-refractivity contribution in [2.75, 3.05) is 0 Å². The van der Waals surface area contributed by atoms with Crippen LogP contribution in [-0.4, -0.2) is 5.11 Å². The second-order valence-corrected chi connectivity index (χ2v) is 5.65. The van der Waals surface area contributed by atoms with E-state index in [2.05, 4.69) is 0 Å². The van der Waals surface area contributed by atoms with Gasteiger partial charge in [-0.2, -0.15) is 0 Å². The van der Waals surface area contributed by atoms with Crippen molar-refractivity contribution in [1.82, 2.24) is 0 Å². The first kappa shape index (κ1) is 15.3. The number of fused-ring (bicyclic) bond motifs is 2. The number of phenolic OH excluding ortho intramolecular Hbond substituents is 1. The van der Waals surface area contributed by atoms with Gasteiger partial charge in [0.1, 0.15) is 29.3 Å². The molecule has 0 aliphatic carbocycles. The van der Waals surface area contributed by atoms with E-state index in [1.807, 2.05) is 0 Å². The molecule has 4 rings (SSSR count). The molecule has 126 valence electrons. The quantitative estimate of drug-likeness (QED) is 0.603. The normalized spacial score (nSPS) is 11.3. The second kappa shape index (κ2) is 5.66. The number of ether oxygens (including phenoxy) is 1. The lowest BCUT2D eigenvalue weighted by atomic mass is 10.1. The van der Waals surface area contributed by atoms with Crippen LogP contribution in [0.2, 0.25) is 0 Å². The molecule has 0 saturated heterocycles. The number of rotatable bonds is 3. The third kappa shape index (κ3) is 2.42. The van der Waals surface area contributed by atoms with Crippen LogP contribution in [0, 0.1) is 12.7 Å². The molecule has 0 fully saturated rings. The highest BCUT2D eigenvalue weighted by atomic mass is 19.1. The van der Waals surface area contributed by atoms with Gasteiger partial charge in [-0.15, -0.1) is 0 Å². The van der Waals surface area contributed by atoms with E-state index in [0.717, 1.165) is 0 Å². The van der Waals surface area contributed by atoms with Crippen molar-refractivity contribution in [2.24, 2.45) is 0 Å². The molecule has 25 heavy (non-hydrogen) atoms. The van der Waals surface area contributed by atoms with Gasteiger partial charge in [-0.25, -0.2) is 4.39 Å². The van der Waals surface area contributed by atoms with E-state index in [4.69, 9.17) is 13.6 Å². The molecule has 6 heteroatoms. The number of hydrogen-bond donors (Lipinski definition) is 1. The van der Waals surface area contributed by atoms with E-state index in [1.165, 1.54) is 24.5 Å². The largest absolute Gasteiger partial charge is 0.506 e. The molecular weight excluding hydrogens is 327 g/mol. The summed E-state index contributed by atoms with van der Waals surface area (Å²) in [7, 11) is 0. The SMILES string of the molecule is Cc1cc(=O)c2c(O)c3ccoc3c(OCc3ccccc3F)c2o1. The lowest BCUT2D eigenvalue weighted by molar-refractivity contribution is 0.297. The molecule has 0 unspecified atom stereocenters. The van der Waals surface area contributed by atoms with Crippen molar-refractivity contribution in [1.29, 1.82) is 0 Å². The molecule has 4 aromatic rings. The van der Waals surface area contributed by atoms with Crippen molar-refractivity contribution in [3.8, 4) is 11.5 Å². The van der Waals surface area contributed by atoms with Crippen molar-refractivity contribution >= 4 is 21.9 Å². The lowest BCUT2D eigenvalue weighted by Crippen LogP contribution is -2.04. The zero-order valence-electron chi connectivity index (χ0n) is 13.2. The summed E-state index contributed by atoms with van der Waals surface area (Å²) >= 11 is 0. The van der Waals surface area contributed by atoms with Gasteiger partial charge in [0.15, 0.2) is 16.6 Å². The van der Waals surface area contributed by atoms with Crippen LogP contribution in [0.5, 0.6) is 11.5 Å². The summed E-state index contributed by atoms with van der Waals surface area (Å²) in [6.07, 6.45) is 1.37. The Morgan fingerprint density at radius 3 is 2.80 bits per heavy atom. The number of halogens is 1. The Morgan fingerprint density at radius 1 is 1.20 bits per heavy atom. The second-order valence-electron chi connectivity index (χ2n) is 5.65. The van der Waals surface area contributed by atoms with Crippen LogP contribution in [0.1, 0.15) is 11.3 Å². The Morgan fingerprint density at radius 2 is 2.00 bits per heavy atom. The fourth-order valence-corrected chi connectivity index (χ4v) is 2.80. The number of aromatic hydroxyl groups is 1. The number of phenols is 1. The minimum absolute atomic E-state index is 0.00281. The Labute approximate surface area is 140 Å². The van der Waals surface area contributed by atoms with Crippen molar-refractivity contribution in [3.05, 3.63) is 70.0 Å². The average Bonchev–Trinajstić information content (AvgIpc) is 3.05. The van der Waals surface area contributed by atoms with Gasteiger partial charge in [-0.05, 0) is 19.1 Å². The molecule has 0 saturated carbocycles. The predicted molar refractivity (Wildman–Crippen MR) is 89.4 cm³/mol. The first-order valence-corrected chi connectivity index (χ1v) is 7.59. The molecule has 0 bridgehead atoms. The summed E-state index contributed by atoms with van der Waals surface area (Å²) in [4.78, 5) is 12.3. The van der Waals surface area contributed by atoms with Gasteiger partial charge in [0.05, 0.1) is 11.6 Å². The van der Waals surface area contributed by atoms with E-state index in [9.17, 15) is 14.3 Å². The number of benzene rings is 2. The average molecular weight is 340 g/mol. The first-order chi connectivity index (χ1) is 12.1. The molecule has 0 aliphatic heterocycles. The zero-order valence-corrected chi connectivity index (χ0v) is 13.2. The Kier molecular flexibility index (Phi) is 3.46. The standard InChI is InChI=1S/C19H13FO5/c1-10-8-14(21)15-16(22)12-6-7-23-17(12)19(18(15)25-10)24-9-11-4-2-3-5-13(11)20/h2-8,22H,9H2,1H3. The van der Waals surface area contributed by atoms with Gasteiger partial charge >= 0.3 is 0 Å². The summed E-state index contributed by atoms with van der Waals surface area (Å²) in [6, 6.07) is 9.03. The summed E-state index contributed by atoms with van der Waals surface area (Å²) in [5, 5.41) is 10.7. The van der Waals surface area contributed by atoms with E-state index >= 15 is 0 Å². The van der Waals surface area contributed by atoms with Crippen LogP contribution in [0.25, 0.3) is 21.9 Å². The minimum Gasteiger partial charge on any atom is -0.506 e. The van der Waals surface area contributed by atoms with Crippen LogP contribution >= 0.6 is 0 Å². The first-order valence-electron chi connectivity index (χ1n) is 7.59. The van der Waals surface area contributed by atoms with Gasteiger partial charge < -0.3 is 18.7 Å². The molecule has 1 N–H and O–H groups in total. The van der Waals surface area contributed by atoms with Gasteiger partial charge in [-0.1, -0.05) is 18.2 Å². The van der Waals surface area contributed by atoms with Gasteiger partial charge in [0, 0.05) is 11.6 Å². The van der Waals surface area contributed by atoms with Crippen molar-refractivity contribution < 1.29 is 23.1 Å². The maximum atomic E-state index is 13.8. The molecular formula is C19H13FO5. The maximum absolute atomic E-state index is 13.8. The molecule has 0 amide bonds. The highest BCUT2D eigenvalue weighted by Crippen LogP contribution is 2.41. The molecule has 2 aromatic heterocycles. The smallest absolute Gasteiger partial charge is 0.206 e. The number of aryl methyl sites for hydroxylation is 1. The third-order valence-electron chi connectivity index (χ3n) is 3.97. The number of hydrogen-bond acceptors (Lipinski definition) is 5. The van der Waals surface area contributed by atoms with Crippen LogP contribution in [0.3, 0.4) is 0 Å². The zero-order chi connectivity index (χ0) is 17.6. The lowest BCUT2D eigenvalue weighted by Gasteiger charge is -2.11. The van der Waals surface area contributed by atoms with Gasteiger partial charge in [-0.3, -0.25) is 4.79 Å². The van der Waals surface area contributed by atoms with E-state index in [-0.39, 0.29) is 34.7 Å². The fraction of sp³-hybridized carbons (Fsp3) is 0.105. The van der Waals surface area contributed by atoms with Gasteiger partial charge in [0.2, 0.25) is 5.75 Å². The molecule has 0 aliphatic rings. The summed E-state index contributed by atoms with van der Waals surface area (Å²) in [6.45, 7) is 1.53. The summed E-state index contributed by atoms with van der Waals surface area (Å²) in [5.41, 5.74) is 0.255. The fourth-order valence-electron chi connectivity index (χ4n) is 2.80. The molecule has 0 atom stereocenters. The minimum atomic E-state index is -0.404. The van der Waals surface area contributed by atoms with Crippen molar-refractivity contribution in [2.45, 2.75) is 13.5 Å². The van der Waals surface area contributed by atoms with E-state index in [0.29, 0.717) is 16.7 Å². The highest BCUT2D eigenvalue weighted by molar-refractivity contribution is 6.06. The van der Waals surface area contributed by atoms with Crippen LogP contribution in [-0.2, 0) is 6.61 Å². The molecule has 0 spiro atoms. The number of furan rings is 1. The summed E-state index contributed by atoms with van der Waals surface area (Å²) in [5.74, 6) is -0.125. The van der Waals surface area contributed by atoms with Crippen molar-refractivity contribution in [3.63, 3.8) is 0 Å². The molecule has 2 heterocycles. The maximum Gasteiger partial charge on any atom is 0.206 e. The monoisotopic (exact) mass is 340 g/mol. The predicted octanol–water partition coefficient (Wildman–Crippen LogP) is 4.27. The van der Waals surface area contributed by atoms with E-state index < -0.39 is 11.2 Å². The van der Waals surface area contributed by atoms with Gasteiger partial charge in [0.25, 0.3) is 0 Å². The molecule has 2 aromatic carbocycles. The Bertz CT molecular complexity index is 1160. The molecule has 0 radical (unpaired) electrons.